The van der Waals surface area contributed by atoms with Gasteiger partial charge >= 0.3 is 11.9 Å². The van der Waals surface area contributed by atoms with Crippen LogP contribution < -0.4 is 27.0 Å². The first kappa shape index (κ1) is 58.7. The average molecular weight is 963 g/mol. The molecule has 0 saturated carbocycles. The van der Waals surface area contributed by atoms with Crippen LogP contribution in [0.3, 0.4) is 0 Å². The molecule has 2 aliphatic rings. The van der Waals surface area contributed by atoms with Crippen LogP contribution in [0.25, 0.3) is 0 Å². The minimum atomic E-state index is -1.32. The van der Waals surface area contributed by atoms with Crippen LogP contribution in [-0.2, 0) is 57.5 Å². The van der Waals surface area contributed by atoms with E-state index in [0.717, 1.165) is 12.8 Å². The highest BCUT2D eigenvalue weighted by Crippen LogP contribution is 2.25. The quantitative estimate of drug-likeness (QED) is 0.0412. The molecule has 2 aliphatic heterocycles. The number of carboxylic acids is 2. The maximum atomic E-state index is 13.5. The first-order chi connectivity index (χ1) is 32.0. The molecule has 2 rings (SSSR count). The Kier molecular flexibility index (Phi) is 26.0. The molecule has 9 N–H and O–H groups in total. The van der Waals surface area contributed by atoms with Crippen molar-refractivity contribution in [3.63, 3.8) is 0 Å². The molecule has 0 bridgehead atoms. The van der Waals surface area contributed by atoms with Gasteiger partial charge in [-0.3, -0.25) is 57.5 Å². The summed E-state index contributed by atoms with van der Waals surface area (Å²) < 4.78 is 0. The fourth-order valence-electron chi connectivity index (χ4n) is 8.51. The lowest BCUT2D eigenvalue weighted by Crippen LogP contribution is -2.45. The number of hydrogen-bond donors (Lipinski definition) is 8. The van der Waals surface area contributed by atoms with Gasteiger partial charge in [-0.25, -0.2) is 0 Å². The Balaban J connectivity index is 2.00. The third kappa shape index (κ3) is 21.7. The number of primary amides is 1. The van der Waals surface area contributed by atoms with Gasteiger partial charge in [0.05, 0.1) is 42.7 Å². The van der Waals surface area contributed by atoms with Gasteiger partial charge in [-0.1, -0.05) is 40.0 Å². The SMILES string of the molecule is CCCCC[C@H](CC(=O)[C@@H]1CCCN1C(=O)CCC(=O)[C@H](C)NC(=O)[C@@H](CC(=O)CNC(=O)[C@H](CCC(=O)O)CC(=O)[C@H](CCC(N)=O)NC(=O)CCC(=O)[C@@H]1C[C@@H](O)CN1)CC(C)C)C(=O)O. The summed E-state index contributed by atoms with van der Waals surface area (Å²) in [5.41, 5.74) is 5.28. The summed E-state index contributed by atoms with van der Waals surface area (Å²) in [6, 6.07) is -3.76. The van der Waals surface area contributed by atoms with Crippen molar-refractivity contribution in [3.05, 3.63) is 0 Å². The smallest absolute Gasteiger partial charge is 0.306 e. The number of nitrogens with zero attached hydrogens (tertiary/aromatic N) is 1. The Morgan fingerprint density at radius 2 is 1.44 bits per heavy atom. The second-order valence-corrected chi connectivity index (χ2v) is 18.7. The molecule has 0 aromatic heterocycles. The molecule has 0 unspecified atom stereocenters. The summed E-state index contributed by atoms with van der Waals surface area (Å²) in [4.78, 5) is 155. The molecule has 382 valence electrons. The highest BCUT2D eigenvalue weighted by atomic mass is 16.4. The van der Waals surface area contributed by atoms with Crippen molar-refractivity contribution in [3.8, 4) is 0 Å². The van der Waals surface area contributed by atoms with Crippen LogP contribution in [0.5, 0.6) is 0 Å². The number of carbonyl (C=O) groups excluding carboxylic acids is 10. The predicted molar refractivity (Wildman–Crippen MR) is 244 cm³/mol. The summed E-state index contributed by atoms with van der Waals surface area (Å²) in [7, 11) is 0. The number of aliphatic carboxylic acids is 2. The number of nitrogens with one attached hydrogen (secondary N) is 4. The standard InChI is InChI=1S/C47H74N6O15/c1-5-6-7-9-30(47(67)68)23-40(59)36-10-8-19-53(36)43(62)17-14-37(56)28(4)51-46(66)31(20-27(2)3)21-32(54)26-50-45(65)29(11-18-44(63)64)22-39(58)34(12-15-41(48)60)52-42(61)16-13-38(57)35-24-33(55)25-49-35/h27-31,33-36,49,55H,5-26H2,1-4H3,(H2,48,60)(H,50,65)(H,51,66)(H,52,61)(H,63,64)(H,67,68)/t28-,29+,30+,31+,33+,34-,35-,36-/m0/s1. The van der Waals surface area contributed by atoms with E-state index < -0.39 is 126 Å². The van der Waals surface area contributed by atoms with Gasteiger partial charge in [-0.05, 0) is 57.8 Å². The van der Waals surface area contributed by atoms with Crippen molar-refractivity contribution in [2.45, 2.75) is 180 Å². The lowest BCUT2D eigenvalue weighted by atomic mass is 9.90. The molecule has 8 atom stereocenters. The first-order valence-electron chi connectivity index (χ1n) is 24.0. The number of rotatable bonds is 35. The van der Waals surface area contributed by atoms with E-state index in [9.17, 15) is 72.9 Å². The van der Waals surface area contributed by atoms with Crippen LogP contribution in [0.4, 0.5) is 0 Å². The molecule has 0 aromatic carbocycles. The number of carbonyl (C=O) groups is 12. The Morgan fingerprint density at radius 1 is 0.735 bits per heavy atom. The van der Waals surface area contributed by atoms with Crippen LogP contribution in [0.15, 0.2) is 0 Å². The number of likely N-dealkylation sites (tertiary alicyclic amines) is 1. The Bertz CT molecular complexity index is 1820. The van der Waals surface area contributed by atoms with Gasteiger partial charge in [0.1, 0.15) is 5.78 Å². The van der Waals surface area contributed by atoms with E-state index in [4.69, 9.17) is 5.73 Å². The monoisotopic (exact) mass is 963 g/mol. The van der Waals surface area contributed by atoms with Crippen molar-refractivity contribution in [2.75, 3.05) is 19.6 Å². The lowest BCUT2D eigenvalue weighted by molar-refractivity contribution is -0.145. The van der Waals surface area contributed by atoms with Gasteiger partial charge in [0.2, 0.25) is 29.5 Å². The summed E-state index contributed by atoms with van der Waals surface area (Å²) in [6.45, 7) is 7.01. The second-order valence-electron chi connectivity index (χ2n) is 18.7. The highest BCUT2D eigenvalue weighted by Gasteiger charge is 2.37. The maximum Gasteiger partial charge on any atom is 0.306 e. The molecule has 68 heavy (non-hydrogen) atoms. The number of unbranched alkanes of at least 4 members (excludes halogenated alkanes) is 2. The fourth-order valence-corrected chi connectivity index (χ4v) is 8.51. The number of nitrogens with two attached hydrogens (primary N) is 1. The normalized spacial score (nSPS) is 19.0. The van der Waals surface area contributed by atoms with E-state index in [-0.39, 0.29) is 94.7 Å². The van der Waals surface area contributed by atoms with Gasteiger partial charge < -0.3 is 47.2 Å². The van der Waals surface area contributed by atoms with Crippen LogP contribution >= 0.6 is 0 Å². The number of ketones is 5. The molecule has 2 fully saturated rings. The first-order valence-corrected chi connectivity index (χ1v) is 24.0. The van der Waals surface area contributed by atoms with Crippen molar-refractivity contribution in [2.24, 2.45) is 29.4 Å². The molecule has 0 aromatic rings. The Morgan fingerprint density at radius 3 is 2.04 bits per heavy atom. The third-order valence-corrected chi connectivity index (χ3v) is 12.4. The van der Waals surface area contributed by atoms with Gasteiger partial charge in [0, 0.05) is 82.7 Å². The van der Waals surface area contributed by atoms with Crippen molar-refractivity contribution in [1.82, 2.24) is 26.2 Å². The van der Waals surface area contributed by atoms with Crippen molar-refractivity contribution >= 4 is 70.4 Å². The molecular weight excluding hydrogens is 889 g/mol. The summed E-state index contributed by atoms with van der Waals surface area (Å²) in [6.07, 6.45) is -0.0565. The molecule has 0 spiro atoms. The van der Waals surface area contributed by atoms with Gasteiger partial charge in [-0.15, -0.1) is 0 Å². The summed E-state index contributed by atoms with van der Waals surface area (Å²) in [5, 5.41) is 39.1. The molecular formula is C47H74N6O15. The van der Waals surface area contributed by atoms with Gasteiger partial charge in [-0.2, -0.15) is 0 Å². The highest BCUT2D eigenvalue weighted by molar-refractivity contribution is 5.97. The van der Waals surface area contributed by atoms with E-state index in [1.54, 1.807) is 0 Å². The summed E-state index contributed by atoms with van der Waals surface area (Å²) in [5.74, 6) is -11.2. The Hall–Kier alpha value is -5.44. The van der Waals surface area contributed by atoms with Crippen LogP contribution in [0, 0.1) is 23.7 Å². The zero-order valence-electron chi connectivity index (χ0n) is 40.0. The maximum absolute atomic E-state index is 13.5. The van der Waals surface area contributed by atoms with Crippen molar-refractivity contribution in [1.29, 1.82) is 0 Å². The number of amides is 5. The second kappa shape index (κ2) is 30.1. The van der Waals surface area contributed by atoms with Crippen molar-refractivity contribution < 1.29 is 72.9 Å². The lowest BCUT2D eigenvalue weighted by Gasteiger charge is -2.25. The zero-order valence-corrected chi connectivity index (χ0v) is 40.0. The minimum absolute atomic E-state index is 0.0803. The fraction of sp³-hybridized carbons (Fsp3) is 0.745. The van der Waals surface area contributed by atoms with Gasteiger partial charge in [0.25, 0.3) is 0 Å². The van der Waals surface area contributed by atoms with E-state index in [1.807, 2.05) is 20.8 Å². The van der Waals surface area contributed by atoms with E-state index in [0.29, 0.717) is 32.2 Å². The minimum Gasteiger partial charge on any atom is -0.481 e. The summed E-state index contributed by atoms with van der Waals surface area (Å²) >= 11 is 0. The van der Waals surface area contributed by atoms with Crippen LogP contribution in [0.1, 0.15) is 150 Å². The topological polar surface area (TPSA) is 343 Å². The molecule has 21 nitrogen and oxygen atoms in total. The van der Waals surface area contributed by atoms with E-state index in [2.05, 4.69) is 21.3 Å². The third-order valence-electron chi connectivity index (χ3n) is 12.4. The largest absolute Gasteiger partial charge is 0.481 e. The number of hydrogen-bond acceptors (Lipinski definition) is 14. The Labute approximate surface area is 397 Å². The number of carboxylic acid groups (broad SMARTS) is 2. The zero-order chi connectivity index (χ0) is 51.1. The molecule has 2 saturated heterocycles. The van der Waals surface area contributed by atoms with Gasteiger partial charge in [0.15, 0.2) is 23.1 Å². The molecule has 21 heteroatoms. The molecule has 5 amide bonds. The average Bonchev–Trinajstić information content (AvgIpc) is 3.95. The van der Waals surface area contributed by atoms with E-state index in [1.165, 1.54) is 11.8 Å². The van der Waals surface area contributed by atoms with Crippen LogP contribution in [-0.4, -0.2) is 141 Å². The molecule has 0 aliphatic carbocycles. The predicted octanol–water partition coefficient (Wildman–Crippen LogP) is 1.07. The molecule has 0 radical (unpaired) electrons. The molecule has 2 heterocycles. The number of β-amino-alcohol motifs (C(OH)–C–C–N with tert-alkyl or cyclic N) is 1. The number of Topliss-reactive ketones (excluding diaryl/α,β-unsaturated/α-hetero) is 5. The number of aliphatic hydroxyl groups is 1. The number of aliphatic hydroxyl groups excluding tert-OH is 1. The van der Waals surface area contributed by atoms with Crippen LogP contribution in [0.2, 0.25) is 0 Å². The van der Waals surface area contributed by atoms with E-state index >= 15 is 0 Å².